The first-order valence-electron chi connectivity index (χ1n) is 8.55. The highest BCUT2D eigenvalue weighted by Crippen LogP contribution is 2.60. The lowest BCUT2D eigenvalue weighted by Crippen LogP contribution is -2.48. The van der Waals surface area contributed by atoms with Gasteiger partial charge in [0.15, 0.2) is 0 Å². The Hall–Kier alpha value is -1.96. The van der Waals surface area contributed by atoms with E-state index in [4.69, 9.17) is 0 Å². The molecule has 0 fully saturated rings. The SMILES string of the molecule is CC(C)(C)C1(C(C)(C)C)CC(C=Cc2ccc(O)cc2)=CC=C1O. The number of allylic oxidation sites excluding steroid dienone is 5. The zero-order chi connectivity index (χ0) is 18.2. The maximum absolute atomic E-state index is 10.8. The second-order valence-corrected chi connectivity index (χ2v) is 8.80. The van der Waals surface area contributed by atoms with Gasteiger partial charge in [0.05, 0.1) is 5.76 Å². The fraction of sp³-hybridized carbons (Fsp3) is 0.455. The average molecular weight is 326 g/mol. The first kappa shape index (κ1) is 18.4. The molecule has 2 nitrogen and oxygen atoms in total. The minimum atomic E-state index is -0.316. The van der Waals surface area contributed by atoms with Gasteiger partial charge in [-0.05, 0) is 46.6 Å². The summed E-state index contributed by atoms with van der Waals surface area (Å²) in [7, 11) is 0. The number of phenolic OH excluding ortho intramolecular Hbond substituents is 1. The maximum atomic E-state index is 10.8. The van der Waals surface area contributed by atoms with Crippen LogP contribution in [0.15, 0.2) is 53.8 Å². The van der Waals surface area contributed by atoms with E-state index in [1.807, 2.05) is 24.3 Å². The quantitative estimate of drug-likeness (QED) is 0.673. The summed E-state index contributed by atoms with van der Waals surface area (Å²) in [6, 6.07) is 7.16. The number of hydrogen-bond donors (Lipinski definition) is 2. The van der Waals surface area contributed by atoms with Crippen LogP contribution in [0.2, 0.25) is 0 Å². The van der Waals surface area contributed by atoms with Crippen molar-refractivity contribution < 1.29 is 10.2 Å². The van der Waals surface area contributed by atoms with Gasteiger partial charge in [-0.3, -0.25) is 0 Å². The van der Waals surface area contributed by atoms with E-state index in [0.717, 1.165) is 12.0 Å². The third kappa shape index (κ3) is 3.28. The molecular formula is C22H30O2. The maximum Gasteiger partial charge on any atom is 0.115 e. The van der Waals surface area contributed by atoms with Crippen molar-refractivity contribution in [1.29, 1.82) is 0 Å². The van der Waals surface area contributed by atoms with E-state index in [0.29, 0.717) is 5.76 Å². The van der Waals surface area contributed by atoms with E-state index < -0.39 is 0 Å². The van der Waals surface area contributed by atoms with Gasteiger partial charge in [-0.1, -0.05) is 71.9 Å². The fourth-order valence-corrected chi connectivity index (χ4v) is 4.11. The lowest BCUT2D eigenvalue weighted by Gasteiger charge is -2.54. The van der Waals surface area contributed by atoms with Crippen molar-refractivity contribution in [2.75, 3.05) is 0 Å². The van der Waals surface area contributed by atoms with Crippen molar-refractivity contribution >= 4 is 6.08 Å². The second kappa shape index (κ2) is 6.16. The zero-order valence-electron chi connectivity index (χ0n) is 15.7. The van der Waals surface area contributed by atoms with Crippen LogP contribution in [0.3, 0.4) is 0 Å². The molecule has 2 N–H and O–H groups in total. The molecule has 2 rings (SSSR count). The van der Waals surface area contributed by atoms with Crippen molar-refractivity contribution in [2.24, 2.45) is 16.2 Å². The molecule has 0 aliphatic heterocycles. The minimum absolute atomic E-state index is 0.0717. The monoisotopic (exact) mass is 326 g/mol. The van der Waals surface area contributed by atoms with Gasteiger partial charge in [-0.25, -0.2) is 0 Å². The molecule has 1 aliphatic rings. The predicted octanol–water partition coefficient (Wildman–Crippen LogP) is 6.26. The number of aliphatic hydroxyl groups is 1. The number of rotatable bonds is 2. The predicted molar refractivity (Wildman–Crippen MR) is 102 cm³/mol. The molecule has 0 heterocycles. The van der Waals surface area contributed by atoms with E-state index in [2.05, 4.69) is 53.7 Å². The van der Waals surface area contributed by atoms with Gasteiger partial charge >= 0.3 is 0 Å². The molecule has 0 saturated carbocycles. The summed E-state index contributed by atoms with van der Waals surface area (Å²) in [4.78, 5) is 0. The van der Waals surface area contributed by atoms with Crippen LogP contribution in [-0.4, -0.2) is 10.2 Å². The standard InChI is InChI=1S/C22H30O2/c1-20(2,3)22(21(4,5)6)15-17(11-14-19(22)24)8-7-16-9-12-18(23)13-10-16/h7-14,23-24H,15H2,1-6H3. The number of phenols is 1. The summed E-state index contributed by atoms with van der Waals surface area (Å²) < 4.78 is 0. The fourth-order valence-electron chi connectivity index (χ4n) is 4.11. The van der Waals surface area contributed by atoms with Gasteiger partial charge < -0.3 is 10.2 Å². The molecule has 0 saturated heterocycles. The molecule has 0 radical (unpaired) electrons. The van der Waals surface area contributed by atoms with Crippen LogP contribution in [0.4, 0.5) is 0 Å². The van der Waals surface area contributed by atoms with Crippen LogP contribution < -0.4 is 0 Å². The molecule has 130 valence electrons. The van der Waals surface area contributed by atoms with E-state index >= 15 is 0 Å². The molecule has 0 atom stereocenters. The molecule has 1 aromatic carbocycles. The molecule has 1 aromatic rings. The zero-order valence-corrected chi connectivity index (χ0v) is 15.7. The van der Waals surface area contributed by atoms with E-state index in [1.165, 1.54) is 5.57 Å². The molecule has 24 heavy (non-hydrogen) atoms. The van der Waals surface area contributed by atoms with Gasteiger partial charge in [0, 0.05) is 5.41 Å². The van der Waals surface area contributed by atoms with Gasteiger partial charge in [0.25, 0.3) is 0 Å². The van der Waals surface area contributed by atoms with E-state index in [9.17, 15) is 10.2 Å². The van der Waals surface area contributed by atoms with Gasteiger partial charge in [0.2, 0.25) is 0 Å². The third-order valence-corrected chi connectivity index (χ3v) is 5.31. The van der Waals surface area contributed by atoms with Crippen LogP contribution in [-0.2, 0) is 0 Å². The molecule has 0 unspecified atom stereocenters. The highest BCUT2D eigenvalue weighted by molar-refractivity contribution is 5.55. The first-order valence-corrected chi connectivity index (χ1v) is 8.55. The Morgan fingerprint density at radius 1 is 0.833 bits per heavy atom. The van der Waals surface area contributed by atoms with Gasteiger partial charge in [-0.15, -0.1) is 0 Å². The van der Waals surface area contributed by atoms with Gasteiger partial charge in [-0.2, -0.15) is 0 Å². The van der Waals surface area contributed by atoms with Crippen molar-refractivity contribution in [3.05, 3.63) is 59.4 Å². The van der Waals surface area contributed by atoms with Crippen molar-refractivity contribution in [3.63, 3.8) is 0 Å². The Morgan fingerprint density at radius 3 is 1.88 bits per heavy atom. The molecule has 0 amide bonds. The Balaban J connectivity index is 2.37. The minimum Gasteiger partial charge on any atom is -0.512 e. The summed E-state index contributed by atoms with van der Waals surface area (Å²) in [5.41, 5.74) is 1.79. The molecular weight excluding hydrogens is 296 g/mol. The molecule has 1 aliphatic carbocycles. The molecule has 0 aromatic heterocycles. The normalized spacial score (nSPS) is 18.4. The average Bonchev–Trinajstić information content (AvgIpc) is 2.45. The van der Waals surface area contributed by atoms with E-state index in [1.54, 1.807) is 12.1 Å². The topological polar surface area (TPSA) is 40.5 Å². The third-order valence-electron chi connectivity index (χ3n) is 5.31. The molecule has 0 spiro atoms. The summed E-state index contributed by atoms with van der Waals surface area (Å²) in [5, 5.41) is 20.2. The van der Waals surface area contributed by atoms with Crippen molar-refractivity contribution in [1.82, 2.24) is 0 Å². The first-order chi connectivity index (χ1) is 11.0. The van der Waals surface area contributed by atoms with Crippen molar-refractivity contribution in [2.45, 2.75) is 48.0 Å². The number of hydrogen-bond acceptors (Lipinski definition) is 2. The number of benzene rings is 1. The Morgan fingerprint density at radius 2 is 1.38 bits per heavy atom. The Labute approximate surface area is 146 Å². The Kier molecular flexibility index (Phi) is 4.72. The smallest absolute Gasteiger partial charge is 0.115 e. The summed E-state index contributed by atoms with van der Waals surface area (Å²) >= 11 is 0. The Bertz CT molecular complexity index is 660. The number of aromatic hydroxyl groups is 1. The highest BCUT2D eigenvalue weighted by Gasteiger charge is 2.54. The lowest BCUT2D eigenvalue weighted by atomic mass is 9.50. The van der Waals surface area contributed by atoms with Crippen molar-refractivity contribution in [3.8, 4) is 5.75 Å². The van der Waals surface area contributed by atoms with Crippen LogP contribution in [0.25, 0.3) is 6.08 Å². The largest absolute Gasteiger partial charge is 0.512 e. The van der Waals surface area contributed by atoms with Crippen LogP contribution in [0, 0.1) is 16.2 Å². The summed E-state index contributed by atoms with van der Waals surface area (Å²) in [6.07, 6.45) is 8.83. The highest BCUT2D eigenvalue weighted by atomic mass is 16.3. The lowest BCUT2D eigenvalue weighted by molar-refractivity contribution is -0.0312. The van der Waals surface area contributed by atoms with Crippen LogP contribution >= 0.6 is 0 Å². The summed E-state index contributed by atoms with van der Waals surface area (Å²) in [5.74, 6) is 0.751. The molecule has 0 bridgehead atoms. The van der Waals surface area contributed by atoms with Crippen LogP contribution in [0.5, 0.6) is 5.75 Å². The van der Waals surface area contributed by atoms with E-state index in [-0.39, 0.29) is 22.0 Å². The molecule has 2 heteroatoms. The van der Waals surface area contributed by atoms with Crippen LogP contribution in [0.1, 0.15) is 53.5 Å². The van der Waals surface area contributed by atoms with Gasteiger partial charge in [0.1, 0.15) is 5.75 Å². The second-order valence-electron chi connectivity index (χ2n) is 8.80. The summed E-state index contributed by atoms with van der Waals surface area (Å²) in [6.45, 7) is 13.2. The number of aliphatic hydroxyl groups excluding tert-OH is 1.